The molecule has 16 heavy (non-hydrogen) atoms. The van der Waals surface area contributed by atoms with E-state index in [-0.39, 0.29) is 6.04 Å². The Kier molecular flexibility index (Phi) is 3.05. The van der Waals surface area contributed by atoms with Crippen molar-refractivity contribution in [2.24, 2.45) is 5.73 Å². The Morgan fingerprint density at radius 1 is 1.50 bits per heavy atom. The molecule has 0 radical (unpaired) electrons. The van der Waals surface area contributed by atoms with Gasteiger partial charge in [0, 0.05) is 18.3 Å². The molecule has 0 bridgehead atoms. The number of hydrogen-bond donors (Lipinski definition) is 1. The zero-order valence-corrected chi connectivity index (χ0v) is 9.55. The molecule has 0 aliphatic carbocycles. The van der Waals surface area contributed by atoms with Crippen molar-refractivity contribution < 1.29 is 4.42 Å². The van der Waals surface area contributed by atoms with Crippen molar-refractivity contribution in [3.05, 3.63) is 36.1 Å². The lowest BCUT2D eigenvalue weighted by atomic mass is 10.2. The molecule has 86 valence electrons. The first-order chi connectivity index (χ1) is 7.72. The Morgan fingerprint density at radius 3 is 2.94 bits per heavy atom. The highest BCUT2D eigenvalue weighted by Crippen LogP contribution is 2.19. The van der Waals surface area contributed by atoms with Crippen molar-refractivity contribution in [3.8, 4) is 0 Å². The smallest absolute Gasteiger partial charge is 0.217 e. The van der Waals surface area contributed by atoms with Gasteiger partial charge in [0.15, 0.2) is 0 Å². The summed E-state index contributed by atoms with van der Waals surface area (Å²) in [6, 6.07) is 0.0535. The van der Waals surface area contributed by atoms with Crippen LogP contribution in [-0.4, -0.2) is 21.1 Å². The van der Waals surface area contributed by atoms with Gasteiger partial charge in [0.2, 0.25) is 5.89 Å². The van der Waals surface area contributed by atoms with Gasteiger partial charge in [-0.15, -0.1) is 0 Å². The van der Waals surface area contributed by atoms with Crippen molar-refractivity contribution in [2.45, 2.75) is 26.3 Å². The quantitative estimate of drug-likeness (QED) is 0.842. The van der Waals surface area contributed by atoms with Crippen molar-refractivity contribution in [3.63, 3.8) is 0 Å². The SMILES string of the molecule is Cc1cnc(C(C)n2cncc2CCN)o1. The summed E-state index contributed by atoms with van der Waals surface area (Å²) in [5.41, 5.74) is 6.65. The second-order valence-corrected chi connectivity index (χ2v) is 3.82. The van der Waals surface area contributed by atoms with Crippen LogP contribution in [0.3, 0.4) is 0 Å². The molecule has 0 aliphatic rings. The fourth-order valence-corrected chi connectivity index (χ4v) is 1.71. The van der Waals surface area contributed by atoms with E-state index in [0.29, 0.717) is 12.4 Å². The van der Waals surface area contributed by atoms with Crippen LogP contribution in [0.2, 0.25) is 0 Å². The minimum Gasteiger partial charge on any atom is -0.444 e. The Morgan fingerprint density at radius 2 is 2.31 bits per heavy atom. The maximum Gasteiger partial charge on any atom is 0.217 e. The largest absolute Gasteiger partial charge is 0.444 e. The van der Waals surface area contributed by atoms with Crippen molar-refractivity contribution in [2.75, 3.05) is 6.54 Å². The van der Waals surface area contributed by atoms with Crippen molar-refractivity contribution in [1.82, 2.24) is 14.5 Å². The molecule has 2 aromatic rings. The summed E-state index contributed by atoms with van der Waals surface area (Å²) >= 11 is 0. The van der Waals surface area contributed by atoms with E-state index in [4.69, 9.17) is 10.2 Å². The van der Waals surface area contributed by atoms with Crippen LogP contribution in [0.1, 0.15) is 30.3 Å². The lowest BCUT2D eigenvalue weighted by Crippen LogP contribution is -2.12. The summed E-state index contributed by atoms with van der Waals surface area (Å²) in [7, 11) is 0. The molecule has 0 amide bonds. The monoisotopic (exact) mass is 220 g/mol. The van der Waals surface area contributed by atoms with Gasteiger partial charge in [-0.25, -0.2) is 9.97 Å². The van der Waals surface area contributed by atoms with E-state index in [0.717, 1.165) is 17.9 Å². The minimum absolute atomic E-state index is 0.0535. The Balaban J connectivity index is 2.26. The minimum atomic E-state index is 0.0535. The third-order valence-corrected chi connectivity index (χ3v) is 2.56. The average molecular weight is 220 g/mol. The van der Waals surface area contributed by atoms with Gasteiger partial charge in [-0.1, -0.05) is 0 Å². The normalized spacial score (nSPS) is 12.9. The number of oxazole rings is 1. The van der Waals surface area contributed by atoms with Gasteiger partial charge in [-0.2, -0.15) is 0 Å². The Hall–Kier alpha value is -1.62. The van der Waals surface area contributed by atoms with Crippen LogP contribution in [0.4, 0.5) is 0 Å². The van der Waals surface area contributed by atoms with Crippen LogP contribution in [0.25, 0.3) is 0 Å². The van der Waals surface area contributed by atoms with E-state index in [9.17, 15) is 0 Å². The van der Waals surface area contributed by atoms with Crippen LogP contribution in [0.15, 0.2) is 23.1 Å². The number of aryl methyl sites for hydroxylation is 1. The lowest BCUT2D eigenvalue weighted by Gasteiger charge is -2.12. The van der Waals surface area contributed by atoms with E-state index in [1.165, 1.54) is 0 Å². The van der Waals surface area contributed by atoms with E-state index in [2.05, 4.69) is 9.97 Å². The molecule has 0 aromatic carbocycles. The number of nitrogens with two attached hydrogens (primary N) is 1. The first kappa shape index (κ1) is 10.9. The summed E-state index contributed by atoms with van der Waals surface area (Å²) in [5.74, 6) is 1.52. The zero-order valence-electron chi connectivity index (χ0n) is 9.55. The highest BCUT2D eigenvalue weighted by molar-refractivity contribution is 5.06. The predicted molar refractivity (Wildman–Crippen MR) is 60.0 cm³/mol. The fraction of sp³-hybridized carbons (Fsp3) is 0.455. The zero-order chi connectivity index (χ0) is 11.5. The molecule has 0 fully saturated rings. The fourth-order valence-electron chi connectivity index (χ4n) is 1.71. The third-order valence-electron chi connectivity index (χ3n) is 2.56. The van der Waals surface area contributed by atoms with Gasteiger partial charge in [0.25, 0.3) is 0 Å². The number of rotatable bonds is 4. The number of nitrogens with zero attached hydrogens (tertiary/aromatic N) is 3. The molecule has 0 spiro atoms. The van der Waals surface area contributed by atoms with Crippen LogP contribution in [0.5, 0.6) is 0 Å². The van der Waals surface area contributed by atoms with E-state index < -0.39 is 0 Å². The third kappa shape index (κ3) is 1.99. The van der Waals surface area contributed by atoms with E-state index >= 15 is 0 Å². The number of imidazole rings is 1. The average Bonchev–Trinajstić information content (AvgIpc) is 2.87. The van der Waals surface area contributed by atoms with Crippen LogP contribution < -0.4 is 5.73 Å². The highest BCUT2D eigenvalue weighted by Gasteiger charge is 2.15. The highest BCUT2D eigenvalue weighted by atomic mass is 16.4. The molecule has 0 aliphatic heterocycles. The van der Waals surface area contributed by atoms with Crippen molar-refractivity contribution >= 4 is 0 Å². The lowest BCUT2D eigenvalue weighted by molar-refractivity contribution is 0.410. The maximum atomic E-state index is 5.55. The summed E-state index contributed by atoms with van der Waals surface area (Å²) < 4.78 is 7.55. The molecule has 1 atom stereocenters. The maximum absolute atomic E-state index is 5.55. The Bertz CT molecular complexity index is 460. The predicted octanol–water partition coefficient (Wildman–Crippen LogP) is 1.29. The molecule has 1 unspecified atom stereocenters. The van der Waals surface area contributed by atoms with Crippen LogP contribution in [-0.2, 0) is 6.42 Å². The first-order valence-corrected chi connectivity index (χ1v) is 5.35. The molecule has 2 rings (SSSR count). The molecule has 5 nitrogen and oxygen atoms in total. The van der Waals surface area contributed by atoms with Crippen LogP contribution in [0, 0.1) is 6.92 Å². The van der Waals surface area contributed by atoms with Gasteiger partial charge in [0.1, 0.15) is 11.8 Å². The number of hydrogen-bond acceptors (Lipinski definition) is 4. The molecule has 2 N–H and O–H groups in total. The van der Waals surface area contributed by atoms with E-state index in [1.54, 1.807) is 12.5 Å². The van der Waals surface area contributed by atoms with Gasteiger partial charge in [-0.05, 0) is 20.4 Å². The van der Waals surface area contributed by atoms with Crippen LogP contribution >= 0.6 is 0 Å². The van der Waals surface area contributed by atoms with E-state index in [1.807, 2.05) is 24.6 Å². The topological polar surface area (TPSA) is 69.9 Å². The summed E-state index contributed by atoms with van der Waals surface area (Å²) in [4.78, 5) is 8.36. The van der Waals surface area contributed by atoms with Gasteiger partial charge in [-0.3, -0.25) is 0 Å². The second kappa shape index (κ2) is 4.49. The standard InChI is InChI=1S/C11H16N4O/c1-8-5-14-11(16-8)9(2)15-7-13-6-10(15)3-4-12/h5-7,9H,3-4,12H2,1-2H3. The molecule has 2 aromatic heterocycles. The van der Waals surface area contributed by atoms with Gasteiger partial charge in [0.05, 0.1) is 12.5 Å². The summed E-state index contributed by atoms with van der Waals surface area (Å²) in [5, 5.41) is 0. The first-order valence-electron chi connectivity index (χ1n) is 5.35. The molecule has 5 heteroatoms. The molecule has 0 saturated carbocycles. The Labute approximate surface area is 94.3 Å². The molecule has 2 heterocycles. The van der Waals surface area contributed by atoms with Gasteiger partial charge < -0.3 is 14.7 Å². The molecule has 0 saturated heterocycles. The van der Waals surface area contributed by atoms with Gasteiger partial charge >= 0.3 is 0 Å². The number of aromatic nitrogens is 3. The summed E-state index contributed by atoms with van der Waals surface area (Å²) in [6.45, 7) is 4.54. The van der Waals surface area contributed by atoms with Crippen molar-refractivity contribution in [1.29, 1.82) is 0 Å². The summed E-state index contributed by atoms with van der Waals surface area (Å²) in [6.07, 6.45) is 6.16. The second-order valence-electron chi connectivity index (χ2n) is 3.82. The molecular weight excluding hydrogens is 204 g/mol. The molecular formula is C11H16N4O.